The summed E-state index contributed by atoms with van der Waals surface area (Å²) < 4.78 is 45.5. The maximum Gasteiger partial charge on any atom is 0.419 e. The van der Waals surface area contributed by atoms with Crippen LogP contribution < -0.4 is 5.32 Å². The minimum absolute atomic E-state index is 0.000575. The number of hydrogen-bond donors (Lipinski definition) is 1. The fourth-order valence-electron chi connectivity index (χ4n) is 4.18. The molecule has 12 heteroatoms. The second-order valence-corrected chi connectivity index (χ2v) is 8.63. The van der Waals surface area contributed by atoms with E-state index in [4.69, 9.17) is 0 Å². The number of methoxy groups -OCH3 is 1. The van der Waals surface area contributed by atoms with Gasteiger partial charge in [0.1, 0.15) is 0 Å². The zero-order valence-corrected chi connectivity index (χ0v) is 20.5. The van der Waals surface area contributed by atoms with Crippen molar-refractivity contribution in [2.24, 2.45) is 0 Å². The molecule has 1 aliphatic heterocycles. The highest BCUT2D eigenvalue weighted by Crippen LogP contribution is 2.33. The number of carbonyl (C=O) groups excluding carboxylic acids is 2. The molecule has 0 spiro atoms. The maximum absolute atomic E-state index is 13.6. The van der Waals surface area contributed by atoms with E-state index in [0.717, 1.165) is 43.9 Å². The van der Waals surface area contributed by atoms with E-state index in [2.05, 4.69) is 25.0 Å². The number of rotatable bonds is 8. The number of alkyl halides is 3. The molecule has 1 aromatic carbocycles. The molecule has 195 valence electrons. The highest BCUT2D eigenvalue weighted by molar-refractivity contribution is 6.64. The molecule has 2 aromatic heterocycles. The summed E-state index contributed by atoms with van der Waals surface area (Å²) in [6.07, 6.45) is 2.58. The van der Waals surface area contributed by atoms with E-state index in [-0.39, 0.29) is 22.9 Å². The van der Waals surface area contributed by atoms with Gasteiger partial charge in [-0.15, -0.1) is 0 Å². The molecule has 1 aliphatic rings. The van der Waals surface area contributed by atoms with E-state index in [0.29, 0.717) is 11.6 Å². The van der Waals surface area contributed by atoms with Crippen LogP contribution in [0.25, 0.3) is 12.2 Å². The van der Waals surface area contributed by atoms with Crippen LogP contribution in [0.1, 0.15) is 51.6 Å². The minimum atomic E-state index is -4.67. The summed E-state index contributed by atoms with van der Waals surface area (Å²) in [5.74, 6) is -0.218. The van der Waals surface area contributed by atoms with E-state index in [1.165, 1.54) is 37.6 Å². The summed E-state index contributed by atoms with van der Waals surface area (Å²) in [7, 11) is 2.79. The third-order valence-corrected chi connectivity index (χ3v) is 6.18. The Hall–Kier alpha value is -4.06. The third-order valence-electron chi connectivity index (χ3n) is 6.18. The van der Waals surface area contributed by atoms with Crippen LogP contribution in [-0.2, 0) is 15.7 Å². The number of hydrogen-bond acceptors (Lipinski definition) is 8. The monoisotopic (exact) mass is 522 g/mol. The number of nitrogens with zero attached hydrogens (tertiary/aromatic N) is 4. The number of anilines is 2. The highest BCUT2D eigenvalue weighted by Gasteiger charge is 2.34. The van der Waals surface area contributed by atoms with Crippen LogP contribution in [0, 0.1) is 0 Å². The molecule has 0 unspecified atom stereocenters. The number of carbonyl (C=O) groups is 2. The lowest BCUT2D eigenvalue weighted by Gasteiger charge is -2.30. The molecule has 0 bridgehead atoms. The lowest BCUT2D eigenvalue weighted by atomic mass is 9.84. The van der Waals surface area contributed by atoms with Gasteiger partial charge in [0, 0.05) is 18.1 Å². The molecule has 3 heterocycles. The average Bonchev–Trinajstić information content (AvgIpc) is 2.92. The van der Waals surface area contributed by atoms with Crippen LogP contribution in [-0.4, -0.2) is 59.5 Å². The molecule has 1 fully saturated rings. The molecule has 8 nitrogen and oxygen atoms in total. The Balaban J connectivity index is 1.50. The SMILES string of the molecule is COC(=O)c1ccnc(/C=C/c2nc(Nc3ccc(C4CCN([B]C=O)CC4)cc3)ncc2C(F)(F)F)c1. The van der Waals surface area contributed by atoms with E-state index in [1.54, 1.807) is 7.41 Å². The van der Waals surface area contributed by atoms with Gasteiger partial charge in [0.15, 0.2) is 0 Å². The Labute approximate surface area is 218 Å². The number of esters is 1. The Morgan fingerprint density at radius 1 is 1.13 bits per heavy atom. The average molecular weight is 522 g/mol. The molecular weight excluding hydrogens is 498 g/mol. The van der Waals surface area contributed by atoms with Crippen molar-refractivity contribution in [3.63, 3.8) is 0 Å². The Morgan fingerprint density at radius 3 is 2.53 bits per heavy atom. The van der Waals surface area contributed by atoms with Crippen molar-refractivity contribution in [3.05, 3.63) is 76.9 Å². The first-order valence-corrected chi connectivity index (χ1v) is 11.8. The molecule has 4 rings (SSSR count). The zero-order valence-electron chi connectivity index (χ0n) is 20.5. The van der Waals surface area contributed by atoms with E-state index in [1.807, 2.05) is 29.1 Å². The molecule has 38 heavy (non-hydrogen) atoms. The molecule has 1 radical (unpaired) electrons. The quantitative estimate of drug-likeness (QED) is 0.261. The first kappa shape index (κ1) is 27.0. The summed E-state index contributed by atoms with van der Waals surface area (Å²) in [4.78, 5) is 36.4. The molecule has 0 aliphatic carbocycles. The van der Waals surface area contributed by atoms with Gasteiger partial charge < -0.3 is 19.7 Å². The summed E-state index contributed by atoms with van der Waals surface area (Å²) >= 11 is 0. The zero-order chi connectivity index (χ0) is 27.1. The van der Waals surface area contributed by atoms with Crippen LogP contribution in [0.4, 0.5) is 24.8 Å². The van der Waals surface area contributed by atoms with E-state index < -0.39 is 17.7 Å². The van der Waals surface area contributed by atoms with Gasteiger partial charge in [0.05, 0.1) is 35.8 Å². The lowest BCUT2D eigenvalue weighted by Crippen LogP contribution is -2.36. The van der Waals surface area contributed by atoms with Crippen molar-refractivity contribution >= 4 is 43.4 Å². The lowest BCUT2D eigenvalue weighted by molar-refractivity contribution is -0.138. The van der Waals surface area contributed by atoms with Crippen molar-refractivity contribution in [2.75, 3.05) is 25.5 Å². The van der Waals surface area contributed by atoms with Crippen molar-refractivity contribution in [3.8, 4) is 0 Å². The van der Waals surface area contributed by atoms with E-state index >= 15 is 0 Å². The number of piperidine rings is 1. The summed E-state index contributed by atoms with van der Waals surface area (Å²) in [5, 5.41) is 2.95. The van der Waals surface area contributed by atoms with Gasteiger partial charge >= 0.3 is 12.1 Å². The highest BCUT2D eigenvalue weighted by atomic mass is 19.4. The molecule has 1 N–H and O–H groups in total. The fourth-order valence-corrected chi connectivity index (χ4v) is 4.18. The number of nitrogens with one attached hydrogen (secondary N) is 1. The Morgan fingerprint density at radius 2 is 1.87 bits per heavy atom. The van der Waals surface area contributed by atoms with Gasteiger partial charge in [-0.2, -0.15) is 13.2 Å². The third kappa shape index (κ3) is 6.83. The maximum atomic E-state index is 13.6. The van der Waals surface area contributed by atoms with Crippen molar-refractivity contribution in [1.82, 2.24) is 19.8 Å². The minimum Gasteiger partial charge on any atom is -0.465 e. The van der Waals surface area contributed by atoms with Crippen LogP contribution in [0.2, 0.25) is 0 Å². The molecule has 0 saturated carbocycles. The number of ether oxygens (including phenoxy) is 1. The van der Waals surface area contributed by atoms with Crippen LogP contribution in [0.5, 0.6) is 0 Å². The van der Waals surface area contributed by atoms with E-state index in [9.17, 15) is 22.8 Å². The second-order valence-electron chi connectivity index (χ2n) is 8.63. The molecular formula is C26H24BF3N5O3. The van der Waals surface area contributed by atoms with Crippen LogP contribution in [0.15, 0.2) is 48.8 Å². The molecule has 0 amide bonds. The topological polar surface area (TPSA) is 97.3 Å². The Kier molecular flexibility index (Phi) is 8.52. The predicted octanol–water partition coefficient (Wildman–Crippen LogP) is 4.58. The smallest absolute Gasteiger partial charge is 0.419 e. The second kappa shape index (κ2) is 12.0. The van der Waals surface area contributed by atoms with Gasteiger partial charge in [-0.3, -0.25) is 4.98 Å². The molecule has 0 atom stereocenters. The van der Waals surface area contributed by atoms with Crippen molar-refractivity contribution in [2.45, 2.75) is 24.9 Å². The van der Waals surface area contributed by atoms with Gasteiger partial charge in [-0.25, -0.2) is 14.8 Å². The standard InChI is InChI=1S/C26H24BF3N5O3/c1-38-24(37)19-8-11-31-21(14-19)6-7-23-22(26(28,29)30)15-32-25(34-23)33-20-4-2-17(3-5-20)18-9-12-35(13-10-18)27-16-36/h2-8,11,14-16,18H,9-10,12-13H2,1H3,(H,32,33,34)/b7-6+. The predicted molar refractivity (Wildman–Crippen MR) is 137 cm³/mol. The van der Waals surface area contributed by atoms with Gasteiger partial charge in [0.25, 0.3) is 7.41 Å². The van der Waals surface area contributed by atoms with Crippen LogP contribution >= 0.6 is 0 Å². The van der Waals surface area contributed by atoms with Crippen molar-refractivity contribution < 1.29 is 27.5 Å². The number of halogens is 3. The van der Waals surface area contributed by atoms with Gasteiger partial charge in [-0.05, 0) is 73.8 Å². The largest absolute Gasteiger partial charge is 0.465 e. The summed E-state index contributed by atoms with van der Waals surface area (Å²) in [6.45, 7) is 1.61. The number of pyridine rings is 1. The van der Waals surface area contributed by atoms with Gasteiger partial charge in [-0.1, -0.05) is 12.1 Å². The van der Waals surface area contributed by atoms with Gasteiger partial charge in [0.2, 0.25) is 5.95 Å². The molecule has 1 saturated heterocycles. The fraction of sp³-hybridized carbons (Fsp3) is 0.269. The van der Waals surface area contributed by atoms with Crippen molar-refractivity contribution in [1.29, 1.82) is 0 Å². The number of aromatic nitrogens is 3. The Bertz CT molecular complexity index is 1310. The van der Waals surface area contributed by atoms with Crippen LogP contribution in [0.3, 0.4) is 0 Å². The first-order chi connectivity index (χ1) is 18.3. The summed E-state index contributed by atoms with van der Waals surface area (Å²) in [5.41, 5.74) is 0.909. The number of benzene rings is 1. The normalized spacial score (nSPS) is 14.8. The summed E-state index contributed by atoms with van der Waals surface area (Å²) in [6, 6.07) is 10.4. The first-order valence-electron chi connectivity index (χ1n) is 11.8. The molecule has 3 aromatic rings.